The maximum atomic E-state index is 13.7. The predicted octanol–water partition coefficient (Wildman–Crippen LogP) is -0.510. The Hall–Kier alpha value is -3.78. The number of amides is 4. The van der Waals surface area contributed by atoms with Crippen molar-refractivity contribution in [1.29, 1.82) is 0 Å². The van der Waals surface area contributed by atoms with Crippen LogP contribution in [0.4, 0.5) is 0 Å². The van der Waals surface area contributed by atoms with E-state index in [0.717, 1.165) is 12.0 Å². The fourth-order valence-corrected chi connectivity index (χ4v) is 4.89. The third kappa shape index (κ3) is 13.0. The zero-order chi connectivity index (χ0) is 31.6. The highest BCUT2D eigenvalue weighted by molar-refractivity contribution is 7.80. The lowest BCUT2D eigenvalue weighted by Crippen LogP contribution is -2.57. The highest BCUT2D eigenvalue weighted by Crippen LogP contribution is 2.20. The average molecular weight is 620 g/mol. The second kappa shape index (κ2) is 19.4. The van der Waals surface area contributed by atoms with Crippen molar-refractivity contribution in [1.82, 2.24) is 31.5 Å². The minimum atomic E-state index is -1.21. The summed E-state index contributed by atoms with van der Waals surface area (Å²) in [4.78, 5) is 65.1. The number of carbonyl (C=O) groups is 5. The van der Waals surface area contributed by atoms with Gasteiger partial charge in [0.15, 0.2) is 0 Å². The maximum absolute atomic E-state index is 13.7. The molecule has 4 amide bonds. The van der Waals surface area contributed by atoms with Crippen LogP contribution in [0.3, 0.4) is 0 Å². The van der Waals surface area contributed by atoms with Crippen molar-refractivity contribution in [2.75, 3.05) is 38.5 Å². The lowest BCUT2D eigenvalue weighted by atomic mass is 10.0. The van der Waals surface area contributed by atoms with Gasteiger partial charge in [-0.2, -0.15) is 12.6 Å². The van der Waals surface area contributed by atoms with Crippen LogP contribution in [0.1, 0.15) is 44.6 Å². The Morgan fingerprint density at radius 3 is 2.49 bits per heavy atom. The van der Waals surface area contributed by atoms with E-state index in [1.54, 1.807) is 24.3 Å². The molecule has 2 rings (SSSR count). The maximum Gasteiger partial charge on any atom is 0.322 e. The smallest absolute Gasteiger partial charge is 0.322 e. The zero-order valence-electron chi connectivity index (χ0n) is 24.6. The van der Waals surface area contributed by atoms with Gasteiger partial charge in [0, 0.05) is 31.8 Å². The summed E-state index contributed by atoms with van der Waals surface area (Å²) in [5.74, 6) is -2.00. The molecule has 0 aromatic heterocycles. The Morgan fingerprint density at radius 1 is 1.07 bits per heavy atom. The monoisotopic (exact) mass is 619 g/mol. The molecule has 238 valence electrons. The third-order valence-corrected chi connectivity index (χ3v) is 7.02. The summed E-state index contributed by atoms with van der Waals surface area (Å²) in [5, 5.41) is 22.9. The number of hydrogen-bond donors (Lipinski definition) is 8. The Morgan fingerprint density at radius 2 is 1.81 bits per heavy atom. The van der Waals surface area contributed by atoms with Crippen molar-refractivity contribution < 1.29 is 29.1 Å². The number of likely N-dealkylation sites (tertiary alicyclic amines) is 1. The van der Waals surface area contributed by atoms with Crippen LogP contribution in [0.2, 0.25) is 0 Å². The quantitative estimate of drug-likeness (QED) is 0.0743. The Bertz CT molecular complexity index is 1100. The lowest BCUT2D eigenvalue weighted by Gasteiger charge is -2.30. The van der Waals surface area contributed by atoms with Gasteiger partial charge in [-0.1, -0.05) is 37.3 Å². The molecule has 1 aliphatic heterocycles. The molecule has 0 aliphatic carbocycles. The molecule has 1 fully saturated rings. The largest absolute Gasteiger partial charge is 0.480 e. The van der Waals surface area contributed by atoms with Crippen LogP contribution >= 0.6 is 12.6 Å². The zero-order valence-corrected chi connectivity index (χ0v) is 25.5. The SMILES string of the molecule is CC/C=C(\N)NCCC[C@H](NC(=O)CNCCS)C(=O)N1CCCC1C(=O)N[C@@H](Cc1ccccc1)C(=O)NCC(=O)O. The first kappa shape index (κ1) is 35.4. The molecule has 8 N–H and O–H groups in total. The summed E-state index contributed by atoms with van der Waals surface area (Å²) in [5.41, 5.74) is 6.67. The van der Waals surface area contributed by atoms with E-state index in [9.17, 15) is 24.0 Å². The van der Waals surface area contributed by atoms with Crippen molar-refractivity contribution in [3.63, 3.8) is 0 Å². The van der Waals surface area contributed by atoms with Crippen molar-refractivity contribution in [2.45, 2.75) is 63.6 Å². The summed E-state index contributed by atoms with van der Waals surface area (Å²) in [6.07, 6.45) is 4.58. The molecule has 1 aliphatic rings. The lowest BCUT2D eigenvalue weighted by molar-refractivity contribution is -0.142. The molecule has 3 atom stereocenters. The molecular weight excluding hydrogens is 574 g/mol. The molecule has 0 radical (unpaired) electrons. The van der Waals surface area contributed by atoms with Crippen molar-refractivity contribution in [2.24, 2.45) is 5.73 Å². The van der Waals surface area contributed by atoms with Crippen molar-refractivity contribution in [3.05, 3.63) is 47.8 Å². The standard InChI is InChI=1S/C29H45N7O6S/c1-2-8-24(30)32-13-6-11-21(34-25(37)18-31-14-16-43)29(42)36-15-7-12-23(36)28(41)35-22(27(40)33-19-26(38)39)17-20-9-4-3-5-10-20/h3-5,8-10,21-23,31-32,43H,2,6-7,11-19,30H2,1H3,(H,33,40)(H,34,37)(H,35,41)(H,38,39)/b24-8+/t21-,22-,23?/m0/s1. The van der Waals surface area contributed by atoms with E-state index in [4.69, 9.17) is 10.8 Å². The topological polar surface area (TPSA) is 195 Å². The Balaban J connectivity index is 2.14. The average Bonchev–Trinajstić information content (AvgIpc) is 3.48. The summed E-state index contributed by atoms with van der Waals surface area (Å²) in [7, 11) is 0. The number of aliphatic carboxylic acids is 1. The molecule has 1 unspecified atom stereocenters. The molecule has 0 bridgehead atoms. The van der Waals surface area contributed by atoms with Gasteiger partial charge in [0.1, 0.15) is 24.7 Å². The number of hydrogen-bond acceptors (Lipinski definition) is 9. The molecule has 1 saturated heterocycles. The summed E-state index contributed by atoms with van der Waals surface area (Å²) in [6.45, 7) is 2.74. The van der Waals surface area contributed by atoms with Crippen LogP contribution in [0.25, 0.3) is 0 Å². The van der Waals surface area contributed by atoms with Gasteiger partial charge in [-0.05, 0) is 43.7 Å². The number of rotatable bonds is 19. The summed E-state index contributed by atoms with van der Waals surface area (Å²) in [6, 6.07) is 6.26. The van der Waals surface area contributed by atoms with Crippen LogP contribution in [0, 0.1) is 0 Å². The van der Waals surface area contributed by atoms with Gasteiger partial charge in [0.05, 0.1) is 12.4 Å². The summed E-state index contributed by atoms with van der Waals surface area (Å²) >= 11 is 4.12. The van der Waals surface area contributed by atoms with Gasteiger partial charge in [-0.15, -0.1) is 0 Å². The molecule has 1 heterocycles. The number of allylic oxidation sites excluding steroid dienone is 1. The van der Waals surface area contributed by atoms with Gasteiger partial charge >= 0.3 is 5.97 Å². The third-order valence-electron chi connectivity index (χ3n) is 6.80. The van der Waals surface area contributed by atoms with Gasteiger partial charge in [-0.3, -0.25) is 24.0 Å². The predicted molar refractivity (Wildman–Crippen MR) is 166 cm³/mol. The first-order chi connectivity index (χ1) is 20.7. The van der Waals surface area contributed by atoms with Gasteiger partial charge in [0.25, 0.3) is 0 Å². The van der Waals surface area contributed by atoms with Gasteiger partial charge in [0.2, 0.25) is 23.6 Å². The molecule has 0 saturated carbocycles. The second-order valence-electron chi connectivity index (χ2n) is 10.2. The number of thiol groups is 1. The fraction of sp³-hybridized carbons (Fsp3) is 0.552. The van der Waals surface area contributed by atoms with Gasteiger partial charge < -0.3 is 42.3 Å². The van der Waals surface area contributed by atoms with Crippen LogP contribution in [0.5, 0.6) is 0 Å². The minimum Gasteiger partial charge on any atom is -0.480 e. The van der Waals surface area contributed by atoms with Crippen LogP contribution in [-0.2, 0) is 30.4 Å². The Kier molecular flexibility index (Phi) is 16.0. The van der Waals surface area contributed by atoms with Crippen LogP contribution in [0.15, 0.2) is 42.2 Å². The van der Waals surface area contributed by atoms with Crippen LogP contribution in [-0.4, -0.2) is 96.2 Å². The molecule has 13 nitrogen and oxygen atoms in total. The number of nitrogens with two attached hydrogens (primary N) is 1. The first-order valence-electron chi connectivity index (χ1n) is 14.6. The van der Waals surface area contributed by atoms with E-state index in [1.807, 2.05) is 19.1 Å². The highest BCUT2D eigenvalue weighted by Gasteiger charge is 2.38. The molecule has 1 aromatic carbocycles. The normalized spacial score (nSPS) is 16.2. The van der Waals surface area contributed by atoms with E-state index in [1.165, 1.54) is 4.90 Å². The highest BCUT2D eigenvalue weighted by atomic mass is 32.1. The van der Waals surface area contributed by atoms with E-state index in [-0.39, 0.29) is 24.8 Å². The number of nitrogens with one attached hydrogen (secondary N) is 5. The van der Waals surface area contributed by atoms with E-state index in [0.29, 0.717) is 56.9 Å². The molecule has 1 aromatic rings. The first-order valence-corrected chi connectivity index (χ1v) is 15.2. The van der Waals surface area contributed by atoms with E-state index in [2.05, 4.69) is 39.2 Å². The number of carboxylic acid groups (broad SMARTS) is 1. The minimum absolute atomic E-state index is 0.0192. The van der Waals surface area contributed by atoms with Crippen molar-refractivity contribution in [3.8, 4) is 0 Å². The van der Waals surface area contributed by atoms with E-state index >= 15 is 0 Å². The molecule has 43 heavy (non-hydrogen) atoms. The molecule has 14 heteroatoms. The molecule has 0 spiro atoms. The van der Waals surface area contributed by atoms with Crippen molar-refractivity contribution >= 4 is 42.2 Å². The van der Waals surface area contributed by atoms with Gasteiger partial charge in [-0.25, -0.2) is 0 Å². The Labute approximate surface area is 258 Å². The number of benzene rings is 1. The number of carboxylic acids is 1. The summed E-state index contributed by atoms with van der Waals surface area (Å²) < 4.78 is 0. The number of carbonyl (C=O) groups excluding carboxylic acids is 4. The number of nitrogens with zero attached hydrogens (tertiary/aromatic N) is 1. The second-order valence-corrected chi connectivity index (χ2v) is 10.7. The van der Waals surface area contributed by atoms with E-state index < -0.39 is 42.5 Å². The van der Waals surface area contributed by atoms with Crippen LogP contribution < -0.4 is 32.3 Å². The fourth-order valence-electron chi connectivity index (χ4n) is 4.73. The molecular formula is C29H45N7O6S.